The van der Waals surface area contributed by atoms with Crippen molar-refractivity contribution in [2.24, 2.45) is 5.92 Å². The number of benzene rings is 1. The third kappa shape index (κ3) is 3.18. The highest BCUT2D eigenvalue weighted by Crippen LogP contribution is 2.37. The highest BCUT2D eigenvalue weighted by Gasteiger charge is 2.52. The van der Waals surface area contributed by atoms with E-state index in [2.05, 4.69) is 10.2 Å². The lowest BCUT2D eigenvalue weighted by Gasteiger charge is -2.42. The van der Waals surface area contributed by atoms with E-state index in [9.17, 15) is 13.2 Å². The Morgan fingerprint density at radius 2 is 2.12 bits per heavy atom. The summed E-state index contributed by atoms with van der Waals surface area (Å²) >= 11 is 5.95. The minimum atomic E-state index is -3.63. The van der Waals surface area contributed by atoms with Gasteiger partial charge in [0.2, 0.25) is 15.9 Å². The number of likely N-dealkylation sites (tertiary alicyclic amines) is 1. The Balaban J connectivity index is 1.92. The van der Waals surface area contributed by atoms with Crippen LogP contribution in [0.2, 0.25) is 5.02 Å². The molecule has 2 atom stereocenters. The summed E-state index contributed by atoms with van der Waals surface area (Å²) in [6.45, 7) is 3.79. The monoisotopic (exact) mass is 371 g/mol. The molecular weight excluding hydrogens is 350 g/mol. The second kappa shape index (κ2) is 6.29. The molecular formula is C16H22ClN3O3S. The first-order chi connectivity index (χ1) is 11.2. The topological polar surface area (TPSA) is 69.7 Å². The fourth-order valence-corrected chi connectivity index (χ4v) is 5.67. The number of amides is 1. The predicted molar refractivity (Wildman–Crippen MR) is 92.4 cm³/mol. The quantitative estimate of drug-likeness (QED) is 0.866. The molecule has 2 aliphatic heterocycles. The fraction of sp³-hybridized carbons (Fsp3) is 0.562. The van der Waals surface area contributed by atoms with Gasteiger partial charge in [-0.25, -0.2) is 8.42 Å². The molecule has 0 unspecified atom stereocenters. The smallest absolute Gasteiger partial charge is 0.243 e. The Labute approximate surface area is 147 Å². The summed E-state index contributed by atoms with van der Waals surface area (Å²) in [5, 5.41) is 3.44. The maximum atomic E-state index is 13.0. The van der Waals surface area contributed by atoms with Gasteiger partial charge in [-0.3, -0.25) is 4.79 Å². The fourth-order valence-electron chi connectivity index (χ4n) is 3.82. The van der Waals surface area contributed by atoms with Crippen molar-refractivity contribution >= 4 is 27.5 Å². The van der Waals surface area contributed by atoms with E-state index in [0.29, 0.717) is 18.1 Å². The number of hydrogen-bond acceptors (Lipinski definition) is 4. The largest absolute Gasteiger partial charge is 0.349 e. The first kappa shape index (κ1) is 17.7. The number of carbonyl (C=O) groups is 1. The molecule has 3 rings (SSSR count). The average Bonchev–Trinajstić information content (AvgIpc) is 2.86. The average molecular weight is 372 g/mol. The zero-order valence-corrected chi connectivity index (χ0v) is 15.4. The molecule has 8 heteroatoms. The molecule has 2 saturated heterocycles. The molecule has 1 aromatic carbocycles. The first-order valence-electron chi connectivity index (χ1n) is 7.96. The van der Waals surface area contributed by atoms with Crippen molar-refractivity contribution in [3.63, 3.8) is 0 Å². The third-order valence-corrected chi connectivity index (χ3v) is 7.04. The van der Waals surface area contributed by atoms with E-state index in [0.717, 1.165) is 19.5 Å². The van der Waals surface area contributed by atoms with Gasteiger partial charge in [0.1, 0.15) is 0 Å². The molecule has 132 valence electrons. The number of rotatable bonds is 3. The molecule has 1 aromatic rings. The summed E-state index contributed by atoms with van der Waals surface area (Å²) in [6.07, 6.45) is 0.745. The third-order valence-electron chi connectivity index (χ3n) is 4.99. The molecule has 0 aliphatic carbocycles. The normalized spacial score (nSPS) is 28.5. The molecule has 2 aliphatic rings. The van der Waals surface area contributed by atoms with Gasteiger partial charge in [0.05, 0.1) is 10.4 Å². The van der Waals surface area contributed by atoms with Crippen LogP contribution in [0.25, 0.3) is 0 Å². The number of fused-ring (bicyclic) bond motifs is 1. The van der Waals surface area contributed by atoms with Gasteiger partial charge in [-0.1, -0.05) is 17.7 Å². The first-order valence-corrected chi connectivity index (χ1v) is 9.78. The van der Waals surface area contributed by atoms with E-state index < -0.39 is 15.6 Å². The van der Waals surface area contributed by atoms with Crippen molar-refractivity contribution in [1.29, 1.82) is 0 Å². The number of carbonyl (C=O) groups excluding carboxylic acids is 1. The molecule has 2 fully saturated rings. The molecule has 2 heterocycles. The summed E-state index contributed by atoms with van der Waals surface area (Å²) in [4.78, 5) is 14.1. The van der Waals surface area contributed by atoms with Crippen LogP contribution in [0.15, 0.2) is 29.2 Å². The SMILES string of the molecule is CC(=O)N[C@@]12CCN(C)C[C@@H]1CN(S(=O)(=O)c1cccc(Cl)c1)C2. The highest BCUT2D eigenvalue weighted by atomic mass is 35.5. The van der Waals surface area contributed by atoms with E-state index in [1.54, 1.807) is 18.2 Å². The van der Waals surface area contributed by atoms with E-state index in [4.69, 9.17) is 11.6 Å². The Bertz CT molecular complexity index is 755. The summed E-state index contributed by atoms with van der Waals surface area (Å²) in [7, 11) is -1.61. The van der Waals surface area contributed by atoms with Crippen LogP contribution in [0, 0.1) is 5.92 Å². The standard InChI is InChI=1S/C16H22ClN3O3S/c1-12(21)18-16-6-7-19(2)9-13(16)10-20(11-16)24(22,23)15-5-3-4-14(17)8-15/h3-5,8,13H,6-7,9-11H2,1-2H3,(H,18,21)/t13-,16-/m1/s1. The number of halogens is 1. The molecule has 1 amide bonds. The van der Waals surface area contributed by atoms with Crippen molar-refractivity contribution in [1.82, 2.24) is 14.5 Å². The van der Waals surface area contributed by atoms with Gasteiger partial charge in [-0.15, -0.1) is 0 Å². The molecule has 0 radical (unpaired) electrons. The molecule has 0 saturated carbocycles. The van der Waals surface area contributed by atoms with Crippen LogP contribution in [-0.4, -0.2) is 62.3 Å². The van der Waals surface area contributed by atoms with Gasteiger partial charge in [-0.05, 0) is 31.7 Å². The van der Waals surface area contributed by atoms with E-state index >= 15 is 0 Å². The summed E-state index contributed by atoms with van der Waals surface area (Å²) < 4.78 is 27.4. The molecule has 0 bridgehead atoms. The molecule has 0 aromatic heterocycles. The van der Waals surface area contributed by atoms with Crippen molar-refractivity contribution in [3.05, 3.63) is 29.3 Å². The van der Waals surface area contributed by atoms with Gasteiger partial charge in [-0.2, -0.15) is 4.31 Å². The number of nitrogens with zero attached hydrogens (tertiary/aromatic N) is 2. The number of piperidine rings is 1. The van der Waals surface area contributed by atoms with Gasteiger partial charge in [0.15, 0.2) is 0 Å². The molecule has 24 heavy (non-hydrogen) atoms. The molecule has 0 spiro atoms. The minimum absolute atomic E-state index is 0.0779. The maximum absolute atomic E-state index is 13.0. The van der Waals surface area contributed by atoms with Crippen LogP contribution in [0.3, 0.4) is 0 Å². The summed E-state index contributed by atoms with van der Waals surface area (Å²) in [5.74, 6) is -0.0411. The maximum Gasteiger partial charge on any atom is 0.243 e. The van der Waals surface area contributed by atoms with Crippen LogP contribution in [-0.2, 0) is 14.8 Å². The van der Waals surface area contributed by atoms with E-state index in [1.165, 1.54) is 17.3 Å². The number of hydrogen-bond donors (Lipinski definition) is 1. The number of nitrogens with one attached hydrogen (secondary N) is 1. The Morgan fingerprint density at radius 1 is 1.38 bits per heavy atom. The minimum Gasteiger partial charge on any atom is -0.349 e. The highest BCUT2D eigenvalue weighted by molar-refractivity contribution is 7.89. The Kier molecular flexibility index (Phi) is 4.63. The van der Waals surface area contributed by atoms with Gasteiger partial charge >= 0.3 is 0 Å². The van der Waals surface area contributed by atoms with Crippen molar-refractivity contribution in [2.75, 3.05) is 33.2 Å². The zero-order valence-electron chi connectivity index (χ0n) is 13.8. The predicted octanol–water partition coefficient (Wildman–Crippen LogP) is 1.17. The van der Waals surface area contributed by atoms with Crippen molar-refractivity contribution in [2.45, 2.75) is 23.8 Å². The van der Waals surface area contributed by atoms with Crippen molar-refractivity contribution in [3.8, 4) is 0 Å². The second-order valence-corrected chi connectivity index (χ2v) is 9.18. The van der Waals surface area contributed by atoms with Gasteiger partial charge in [0, 0.05) is 44.0 Å². The van der Waals surface area contributed by atoms with Crippen LogP contribution < -0.4 is 5.32 Å². The van der Waals surface area contributed by atoms with Crippen LogP contribution in [0.5, 0.6) is 0 Å². The van der Waals surface area contributed by atoms with Gasteiger partial charge in [0.25, 0.3) is 0 Å². The second-order valence-electron chi connectivity index (χ2n) is 6.80. The lowest BCUT2D eigenvalue weighted by atomic mass is 9.80. The molecule has 6 nitrogen and oxygen atoms in total. The van der Waals surface area contributed by atoms with Crippen molar-refractivity contribution < 1.29 is 13.2 Å². The zero-order chi connectivity index (χ0) is 17.5. The summed E-state index contributed by atoms with van der Waals surface area (Å²) in [6, 6.07) is 6.31. The van der Waals surface area contributed by atoms with Gasteiger partial charge < -0.3 is 10.2 Å². The van der Waals surface area contributed by atoms with E-state index in [1.807, 2.05) is 7.05 Å². The van der Waals surface area contributed by atoms with Crippen LogP contribution in [0.4, 0.5) is 0 Å². The van der Waals surface area contributed by atoms with Crippen LogP contribution >= 0.6 is 11.6 Å². The Hall–Kier alpha value is -1.15. The van der Waals surface area contributed by atoms with Crippen LogP contribution in [0.1, 0.15) is 13.3 Å². The Morgan fingerprint density at radius 3 is 2.79 bits per heavy atom. The lowest BCUT2D eigenvalue weighted by molar-refractivity contribution is -0.121. The molecule has 1 N–H and O–H groups in total. The summed E-state index contributed by atoms with van der Waals surface area (Å²) in [5.41, 5.74) is -0.482. The number of sulfonamides is 1. The van der Waals surface area contributed by atoms with E-state index in [-0.39, 0.29) is 16.7 Å². The lowest BCUT2D eigenvalue weighted by Crippen LogP contribution is -2.60.